The molecule has 1 aliphatic rings. The van der Waals surface area contributed by atoms with Crippen molar-refractivity contribution in [1.82, 2.24) is 4.90 Å². The van der Waals surface area contributed by atoms with Crippen molar-refractivity contribution in [3.05, 3.63) is 35.4 Å². The number of methoxy groups -OCH3 is 1. The summed E-state index contributed by atoms with van der Waals surface area (Å²) >= 11 is 0. The number of nitrogens with zero attached hydrogens (tertiary/aromatic N) is 1. The molecule has 1 N–H and O–H groups in total. The number of likely N-dealkylation sites (tertiary alicyclic amines) is 1. The average Bonchev–Trinajstić information content (AvgIpc) is 2.72. The number of rotatable bonds is 7. The predicted octanol–water partition coefficient (Wildman–Crippen LogP) is 1.50. The van der Waals surface area contributed by atoms with Crippen LogP contribution in [0.25, 0.3) is 0 Å². The second-order valence-electron chi connectivity index (χ2n) is 5.84. The lowest BCUT2D eigenvalue weighted by Gasteiger charge is -2.27. The Balaban J connectivity index is 2.40. The maximum absolute atomic E-state index is 12.9. The van der Waals surface area contributed by atoms with E-state index >= 15 is 0 Å². The molecule has 0 aromatic heterocycles. The van der Waals surface area contributed by atoms with Gasteiger partial charge in [0, 0.05) is 26.7 Å². The van der Waals surface area contributed by atoms with E-state index in [9.17, 15) is 19.5 Å². The number of carbonyl (C=O) groups excluding carboxylic acids is 2. The molecular formula is C17H21NO5. The second-order valence-corrected chi connectivity index (χ2v) is 5.84. The summed E-state index contributed by atoms with van der Waals surface area (Å²) in [5, 5.41) is 9.29. The minimum atomic E-state index is -1.30. The van der Waals surface area contributed by atoms with Gasteiger partial charge in [0.05, 0.1) is 11.8 Å². The molecule has 0 spiro atoms. The zero-order valence-electron chi connectivity index (χ0n) is 13.4. The van der Waals surface area contributed by atoms with Crippen molar-refractivity contribution in [2.75, 3.05) is 20.3 Å². The molecule has 0 saturated carbocycles. The van der Waals surface area contributed by atoms with Gasteiger partial charge in [0.2, 0.25) is 11.8 Å². The van der Waals surface area contributed by atoms with Crippen molar-refractivity contribution < 1.29 is 24.2 Å². The van der Waals surface area contributed by atoms with Gasteiger partial charge in [-0.1, -0.05) is 24.3 Å². The third-order valence-corrected chi connectivity index (χ3v) is 4.25. The van der Waals surface area contributed by atoms with Crippen molar-refractivity contribution in [2.45, 2.75) is 31.6 Å². The van der Waals surface area contributed by atoms with Crippen LogP contribution in [0.5, 0.6) is 0 Å². The molecule has 2 rings (SSSR count). The summed E-state index contributed by atoms with van der Waals surface area (Å²) in [6.45, 7) is 2.51. The number of hydrogen-bond donors (Lipinski definition) is 1. The van der Waals surface area contributed by atoms with Crippen LogP contribution in [0.2, 0.25) is 0 Å². The van der Waals surface area contributed by atoms with Gasteiger partial charge in [-0.05, 0) is 24.5 Å². The van der Waals surface area contributed by atoms with Crippen LogP contribution in [-0.2, 0) is 24.5 Å². The van der Waals surface area contributed by atoms with Crippen LogP contribution in [0, 0.1) is 6.92 Å². The van der Waals surface area contributed by atoms with E-state index in [0.717, 1.165) is 5.56 Å². The highest BCUT2D eigenvalue weighted by molar-refractivity contribution is 6.10. The number of hydrogen-bond acceptors (Lipinski definition) is 4. The van der Waals surface area contributed by atoms with Gasteiger partial charge in [0.25, 0.3) is 0 Å². The van der Waals surface area contributed by atoms with Crippen LogP contribution in [0.3, 0.4) is 0 Å². The molecule has 2 amide bonds. The Hall–Kier alpha value is -2.21. The molecule has 1 aliphatic heterocycles. The first-order valence-corrected chi connectivity index (χ1v) is 7.54. The summed E-state index contributed by atoms with van der Waals surface area (Å²) in [5.74, 6) is -1.83. The Morgan fingerprint density at radius 2 is 2.04 bits per heavy atom. The maximum atomic E-state index is 12.9. The summed E-state index contributed by atoms with van der Waals surface area (Å²) < 4.78 is 4.95. The first-order valence-electron chi connectivity index (χ1n) is 7.54. The van der Waals surface area contributed by atoms with Gasteiger partial charge >= 0.3 is 5.97 Å². The fourth-order valence-corrected chi connectivity index (χ4v) is 3.21. The highest BCUT2D eigenvalue weighted by Crippen LogP contribution is 2.41. The minimum absolute atomic E-state index is 0.101. The lowest BCUT2D eigenvalue weighted by Crippen LogP contribution is -2.41. The quantitative estimate of drug-likeness (QED) is 0.608. The zero-order chi connectivity index (χ0) is 17.0. The van der Waals surface area contributed by atoms with Crippen molar-refractivity contribution in [2.24, 2.45) is 0 Å². The normalized spacial score (nSPS) is 21.0. The van der Waals surface area contributed by atoms with Crippen LogP contribution in [0.4, 0.5) is 0 Å². The van der Waals surface area contributed by atoms with E-state index in [0.29, 0.717) is 18.6 Å². The summed E-state index contributed by atoms with van der Waals surface area (Å²) in [5.41, 5.74) is 0.130. The maximum Gasteiger partial charge on any atom is 0.304 e. The number of amides is 2. The summed E-state index contributed by atoms with van der Waals surface area (Å²) in [6.07, 6.45) is 0.0457. The van der Waals surface area contributed by atoms with E-state index in [4.69, 9.17) is 4.74 Å². The van der Waals surface area contributed by atoms with E-state index in [1.807, 2.05) is 19.1 Å². The van der Waals surface area contributed by atoms with Gasteiger partial charge in [0.1, 0.15) is 0 Å². The van der Waals surface area contributed by atoms with Gasteiger partial charge in [-0.15, -0.1) is 0 Å². The van der Waals surface area contributed by atoms with Gasteiger partial charge in [-0.25, -0.2) is 0 Å². The standard InChI is InChI=1S/C17H21NO5/c1-12-6-3-4-7-13(12)17(11-15(20)21)10-14(19)18(16(17)22)8-5-9-23-2/h3-4,6-7H,5,8-11H2,1-2H3,(H,20,21)/t17-/m1/s1. The topological polar surface area (TPSA) is 83.9 Å². The molecule has 0 bridgehead atoms. The van der Waals surface area contributed by atoms with Crippen LogP contribution in [-0.4, -0.2) is 48.1 Å². The third kappa shape index (κ3) is 3.27. The molecule has 0 aliphatic carbocycles. The van der Waals surface area contributed by atoms with Crippen LogP contribution in [0.1, 0.15) is 30.4 Å². The molecule has 1 heterocycles. The molecule has 6 nitrogen and oxygen atoms in total. The SMILES string of the molecule is COCCCN1C(=O)C[C@@](CC(=O)O)(c2ccccc2C)C1=O. The number of ether oxygens (including phenoxy) is 1. The van der Waals surface area contributed by atoms with Crippen molar-refractivity contribution >= 4 is 17.8 Å². The number of aryl methyl sites for hydroxylation is 1. The monoisotopic (exact) mass is 319 g/mol. The number of carbonyl (C=O) groups is 3. The lowest BCUT2D eigenvalue weighted by molar-refractivity contribution is -0.145. The van der Waals surface area contributed by atoms with Gasteiger partial charge in [-0.2, -0.15) is 0 Å². The van der Waals surface area contributed by atoms with E-state index < -0.39 is 17.3 Å². The first kappa shape index (κ1) is 17.1. The molecule has 1 aromatic rings. The van der Waals surface area contributed by atoms with Crippen LogP contribution >= 0.6 is 0 Å². The molecule has 6 heteroatoms. The molecule has 1 fully saturated rings. The Bertz CT molecular complexity index is 627. The number of benzene rings is 1. The first-order chi connectivity index (χ1) is 10.9. The van der Waals surface area contributed by atoms with Gasteiger partial charge in [0.15, 0.2) is 0 Å². The second kappa shape index (κ2) is 6.91. The summed E-state index contributed by atoms with van der Waals surface area (Å²) in [4.78, 5) is 37.8. The van der Waals surface area contributed by atoms with E-state index in [1.54, 1.807) is 19.2 Å². The lowest BCUT2D eigenvalue weighted by atomic mass is 9.74. The molecule has 1 aromatic carbocycles. The summed E-state index contributed by atoms with van der Waals surface area (Å²) in [7, 11) is 1.55. The van der Waals surface area contributed by atoms with Gasteiger partial charge < -0.3 is 9.84 Å². The van der Waals surface area contributed by atoms with E-state index in [2.05, 4.69) is 0 Å². The largest absolute Gasteiger partial charge is 0.481 e. The summed E-state index contributed by atoms with van der Waals surface area (Å²) in [6, 6.07) is 7.15. The predicted molar refractivity (Wildman–Crippen MR) is 82.9 cm³/mol. The van der Waals surface area contributed by atoms with Crippen molar-refractivity contribution in [1.29, 1.82) is 0 Å². The molecule has 23 heavy (non-hydrogen) atoms. The highest BCUT2D eigenvalue weighted by atomic mass is 16.5. The Kier molecular flexibility index (Phi) is 5.15. The molecular weight excluding hydrogens is 298 g/mol. The fraction of sp³-hybridized carbons (Fsp3) is 0.471. The number of carboxylic acid groups (broad SMARTS) is 1. The Morgan fingerprint density at radius 1 is 1.35 bits per heavy atom. The smallest absolute Gasteiger partial charge is 0.304 e. The molecule has 0 unspecified atom stereocenters. The average molecular weight is 319 g/mol. The van der Waals surface area contributed by atoms with Crippen LogP contribution < -0.4 is 0 Å². The fourth-order valence-electron chi connectivity index (χ4n) is 3.21. The Labute approximate surface area is 135 Å². The Morgan fingerprint density at radius 3 is 2.65 bits per heavy atom. The molecule has 1 atom stereocenters. The molecule has 1 saturated heterocycles. The number of imide groups is 1. The number of aliphatic carboxylic acids is 1. The van der Waals surface area contributed by atoms with Crippen molar-refractivity contribution in [3.63, 3.8) is 0 Å². The van der Waals surface area contributed by atoms with Crippen LogP contribution in [0.15, 0.2) is 24.3 Å². The highest BCUT2D eigenvalue weighted by Gasteiger charge is 2.54. The van der Waals surface area contributed by atoms with E-state index in [-0.39, 0.29) is 25.3 Å². The number of carboxylic acids is 1. The van der Waals surface area contributed by atoms with Crippen molar-refractivity contribution in [3.8, 4) is 0 Å². The van der Waals surface area contributed by atoms with E-state index in [1.165, 1.54) is 4.90 Å². The van der Waals surface area contributed by atoms with Gasteiger partial charge in [-0.3, -0.25) is 19.3 Å². The third-order valence-electron chi connectivity index (χ3n) is 4.25. The minimum Gasteiger partial charge on any atom is -0.481 e. The molecule has 0 radical (unpaired) electrons. The zero-order valence-corrected chi connectivity index (χ0v) is 13.4. The molecule has 124 valence electrons.